The minimum Gasteiger partial charge on any atom is -0.432 e. The molecule has 0 aliphatic rings. The third-order valence-corrected chi connectivity index (χ3v) is 1.28. The van der Waals surface area contributed by atoms with E-state index in [1.54, 1.807) is 13.0 Å². The summed E-state index contributed by atoms with van der Waals surface area (Å²) in [6, 6.07) is 0. The van der Waals surface area contributed by atoms with Gasteiger partial charge in [-0.15, -0.1) is 6.58 Å². The second kappa shape index (κ2) is 8.52. The number of carbonyl (C=O) groups is 1. The first-order chi connectivity index (χ1) is 6.70. The molecule has 82 valence electrons. The van der Waals surface area contributed by atoms with Crippen molar-refractivity contribution in [2.45, 2.75) is 13.2 Å². The highest BCUT2D eigenvalue weighted by Crippen LogP contribution is 1.94. The van der Waals surface area contributed by atoms with Crippen molar-refractivity contribution < 1.29 is 23.7 Å². The molecule has 0 aliphatic heterocycles. The monoisotopic (exact) mass is 204 g/mol. The van der Waals surface area contributed by atoms with Gasteiger partial charge in [0.25, 0.3) is 0 Å². The van der Waals surface area contributed by atoms with Crippen LogP contribution in [0.2, 0.25) is 0 Å². The van der Waals surface area contributed by atoms with E-state index in [4.69, 9.17) is 9.47 Å². The summed E-state index contributed by atoms with van der Waals surface area (Å²) in [6.45, 7) is 5.98. The first-order valence-electron chi connectivity index (χ1n) is 4.25. The van der Waals surface area contributed by atoms with Crippen molar-refractivity contribution in [3.63, 3.8) is 0 Å². The molecule has 0 bridgehead atoms. The molecule has 0 spiro atoms. The quantitative estimate of drug-likeness (QED) is 0.271. The van der Waals surface area contributed by atoms with Gasteiger partial charge in [0.1, 0.15) is 6.61 Å². The highest BCUT2D eigenvalue weighted by atomic mass is 16.8. The summed E-state index contributed by atoms with van der Waals surface area (Å²) in [5.41, 5.74) is 0. The van der Waals surface area contributed by atoms with E-state index in [2.05, 4.69) is 16.1 Å². The number of carbonyl (C=O) groups excluding carboxylic acids is 1. The molecule has 0 N–H and O–H groups in total. The van der Waals surface area contributed by atoms with Crippen LogP contribution in [0.25, 0.3) is 0 Å². The summed E-state index contributed by atoms with van der Waals surface area (Å²) < 4.78 is 19.0. The number of ether oxygens (including phenoxy) is 4. The van der Waals surface area contributed by atoms with E-state index in [0.717, 1.165) is 0 Å². The third kappa shape index (κ3) is 7.57. The standard InChI is InChI=1S/C9H16O5/c1-4-5-12-6-7-13-9(10)14-8(2)11-3/h4,8H,1,5-7H2,2-3H3. The average Bonchev–Trinajstić information content (AvgIpc) is 2.17. The molecule has 14 heavy (non-hydrogen) atoms. The van der Waals surface area contributed by atoms with Crippen LogP contribution in [-0.4, -0.2) is 39.4 Å². The van der Waals surface area contributed by atoms with Gasteiger partial charge in [-0.2, -0.15) is 0 Å². The molecule has 0 aromatic rings. The van der Waals surface area contributed by atoms with Gasteiger partial charge in [0, 0.05) is 7.11 Å². The molecule has 0 aromatic carbocycles. The lowest BCUT2D eigenvalue weighted by molar-refractivity contribution is -0.0938. The van der Waals surface area contributed by atoms with Crippen LogP contribution in [0.4, 0.5) is 4.79 Å². The molecular weight excluding hydrogens is 188 g/mol. The van der Waals surface area contributed by atoms with Crippen LogP contribution in [0, 0.1) is 0 Å². The van der Waals surface area contributed by atoms with Crippen molar-refractivity contribution in [3.8, 4) is 0 Å². The van der Waals surface area contributed by atoms with Crippen LogP contribution in [-0.2, 0) is 18.9 Å². The second-order valence-corrected chi connectivity index (χ2v) is 2.38. The molecule has 0 aromatic heterocycles. The van der Waals surface area contributed by atoms with Crippen LogP contribution in [0.5, 0.6) is 0 Å². The van der Waals surface area contributed by atoms with Crippen LogP contribution >= 0.6 is 0 Å². The molecule has 0 amide bonds. The van der Waals surface area contributed by atoms with E-state index in [0.29, 0.717) is 13.2 Å². The predicted molar refractivity (Wildman–Crippen MR) is 49.9 cm³/mol. The van der Waals surface area contributed by atoms with Crippen LogP contribution in [0.15, 0.2) is 12.7 Å². The average molecular weight is 204 g/mol. The highest BCUT2D eigenvalue weighted by Gasteiger charge is 2.08. The Bertz CT molecular complexity index is 169. The van der Waals surface area contributed by atoms with Crippen LogP contribution < -0.4 is 0 Å². The molecule has 0 radical (unpaired) electrons. The number of rotatable bonds is 7. The maximum Gasteiger partial charge on any atom is 0.510 e. The minimum atomic E-state index is -0.762. The summed E-state index contributed by atoms with van der Waals surface area (Å²) in [7, 11) is 1.44. The molecule has 0 aliphatic carbocycles. The van der Waals surface area contributed by atoms with Gasteiger partial charge >= 0.3 is 6.16 Å². The largest absolute Gasteiger partial charge is 0.510 e. The van der Waals surface area contributed by atoms with E-state index in [1.807, 2.05) is 0 Å². The molecule has 0 saturated carbocycles. The van der Waals surface area contributed by atoms with Crippen LogP contribution in [0.3, 0.4) is 0 Å². The normalized spacial score (nSPS) is 11.9. The van der Waals surface area contributed by atoms with Crippen molar-refractivity contribution in [1.82, 2.24) is 0 Å². The fourth-order valence-corrected chi connectivity index (χ4v) is 0.568. The Morgan fingerprint density at radius 3 is 2.79 bits per heavy atom. The molecule has 0 fully saturated rings. The Hall–Kier alpha value is -1.07. The van der Waals surface area contributed by atoms with E-state index < -0.39 is 12.4 Å². The van der Waals surface area contributed by atoms with Gasteiger partial charge in [-0.05, 0) is 6.92 Å². The summed E-state index contributed by atoms with van der Waals surface area (Å²) in [4.78, 5) is 10.8. The zero-order valence-corrected chi connectivity index (χ0v) is 8.52. The SMILES string of the molecule is C=CCOCCOC(=O)OC(C)OC. The Balaban J connectivity index is 3.31. The lowest BCUT2D eigenvalue weighted by atomic mass is 10.7. The second-order valence-electron chi connectivity index (χ2n) is 2.38. The first-order valence-corrected chi connectivity index (χ1v) is 4.25. The maximum atomic E-state index is 10.8. The number of hydrogen-bond donors (Lipinski definition) is 0. The van der Waals surface area contributed by atoms with E-state index in [9.17, 15) is 4.79 Å². The topological polar surface area (TPSA) is 54.0 Å². The summed E-state index contributed by atoms with van der Waals surface area (Å²) in [5.74, 6) is 0. The summed E-state index contributed by atoms with van der Waals surface area (Å²) in [5, 5.41) is 0. The lowest BCUT2D eigenvalue weighted by Gasteiger charge is -2.10. The third-order valence-electron chi connectivity index (χ3n) is 1.28. The minimum absolute atomic E-state index is 0.156. The van der Waals surface area contributed by atoms with Crippen molar-refractivity contribution in [3.05, 3.63) is 12.7 Å². The van der Waals surface area contributed by atoms with E-state index in [1.165, 1.54) is 7.11 Å². The zero-order valence-electron chi connectivity index (χ0n) is 8.52. The molecule has 1 unspecified atom stereocenters. The van der Waals surface area contributed by atoms with Crippen LogP contribution in [0.1, 0.15) is 6.92 Å². The van der Waals surface area contributed by atoms with Crippen molar-refractivity contribution >= 4 is 6.16 Å². The molecule has 1 atom stereocenters. The lowest BCUT2D eigenvalue weighted by Crippen LogP contribution is -2.19. The number of methoxy groups -OCH3 is 1. The van der Waals surface area contributed by atoms with Gasteiger partial charge in [-0.25, -0.2) is 4.79 Å². The Kier molecular flexibility index (Phi) is 7.87. The number of hydrogen-bond acceptors (Lipinski definition) is 5. The maximum absolute atomic E-state index is 10.8. The summed E-state index contributed by atoms with van der Waals surface area (Å²) in [6.07, 6.45) is 0.254. The smallest absolute Gasteiger partial charge is 0.432 e. The van der Waals surface area contributed by atoms with Gasteiger partial charge in [-0.1, -0.05) is 6.08 Å². The van der Waals surface area contributed by atoms with Crippen molar-refractivity contribution in [2.75, 3.05) is 26.9 Å². The molecular formula is C9H16O5. The molecule has 0 saturated heterocycles. The summed E-state index contributed by atoms with van der Waals surface area (Å²) >= 11 is 0. The first kappa shape index (κ1) is 12.9. The fraction of sp³-hybridized carbons (Fsp3) is 0.667. The molecule has 0 rings (SSSR count). The van der Waals surface area contributed by atoms with Gasteiger partial charge in [0.05, 0.1) is 13.2 Å². The van der Waals surface area contributed by atoms with Gasteiger partial charge < -0.3 is 18.9 Å². The Morgan fingerprint density at radius 1 is 1.50 bits per heavy atom. The van der Waals surface area contributed by atoms with Crippen molar-refractivity contribution in [2.24, 2.45) is 0 Å². The zero-order chi connectivity index (χ0) is 10.8. The van der Waals surface area contributed by atoms with Gasteiger partial charge in [-0.3, -0.25) is 0 Å². The van der Waals surface area contributed by atoms with Crippen molar-refractivity contribution in [1.29, 1.82) is 0 Å². The Morgan fingerprint density at radius 2 is 2.21 bits per heavy atom. The molecule has 5 heteroatoms. The van der Waals surface area contributed by atoms with Gasteiger partial charge in [0.15, 0.2) is 0 Å². The fourth-order valence-electron chi connectivity index (χ4n) is 0.568. The predicted octanol–water partition coefficient (Wildman–Crippen LogP) is 1.33. The van der Waals surface area contributed by atoms with E-state index in [-0.39, 0.29) is 6.61 Å². The molecule has 5 nitrogen and oxygen atoms in total. The highest BCUT2D eigenvalue weighted by molar-refractivity contribution is 5.59. The Labute approximate surface area is 83.6 Å². The van der Waals surface area contributed by atoms with E-state index >= 15 is 0 Å². The molecule has 0 heterocycles. The van der Waals surface area contributed by atoms with Gasteiger partial charge in [0.2, 0.25) is 6.29 Å².